The first-order chi connectivity index (χ1) is 9.52. The predicted molar refractivity (Wildman–Crippen MR) is 80.9 cm³/mol. The fourth-order valence-corrected chi connectivity index (χ4v) is 2.66. The van der Waals surface area contributed by atoms with Crippen molar-refractivity contribution in [3.05, 3.63) is 28.8 Å². The molecular formula is C16H24N2O2. The van der Waals surface area contributed by atoms with Gasteiger partial charge in [-0.2, -0.15) is 0 Å². The Morgan fingerprint density at radius 3 is 2.75 bits per heavy atom. The lowest BCUT2D eigenvalue weighted by Crippen LogP contribution is -2.37. The molecule has 0 spiro atoms. The van der Waals surface area contributed by atoms with Crippen LogP contribution in [0.2, 0.25) is 0 Å². The van der Waals surface area contributed by atoms with Crippen LogP contribution in [-0.4, -0.2) is 36.6 Å². The van der Waals surface area contributed by atoms with E-state index in [9.17, 15) is 4.79 Å². The van der Waals surface area contributed by atoms with Gasteiger partial charge in [-0.05, 0) is 50.8 Å². The number of ether oxygens (including phenoxy) is 1. The molecule has 0 radical (unpaired) electrons. The number of carbonyl (C=O) groups is 1. The first-order valence-corrected chi connectivity index (χ1v) is 7.30. The highest BCUT2D eigenvalue weighted by molar-refractivity contribution is 5.96. The fraction of sp³-hybridized carbons (Fsp3) is 0.562. The maximum atomic E-state index is 12.7. The van der Waals surface area contributed by atoms with Crippen LogP contribution in [0.4, 0.5) is 5.69 Å². The van der Waals surface area contributed by atoms with Crippen molar-refractivity contribution in [3.8, 4) is 0 Å². The van der Waals surface area contributed by atoms with E-state index >= 15 is 0 Å². The van der Waals surface area contributed by atoms with Crippen molar-refractivity contribution in [2.24, 2.45) is 0 Å². The quantitative estimate of drug-likeness (QED) is 0.860. The largest absolute Gasteiger partial charge is 0.398 e. The van der Waals surface area contributed by atoms with Crippen LogP contribution in [0.5, 0.6) is 0 Å². The Labute approximate surface area is 120 Å². The summed E-state index contributed by atoms with van der Waals surface area (Å²) < 4.78 is 5.63. The summed E-state index contributed by atoms with van der Waals surface area (Å²) in [5, 5.41) is 0. The molecule has 1 unspecified atom stereocenters. The van der Waals surface area contributed by atoms with E-state index in [0.717, 1.165) is 30.6 Å². The molecule has 1 heterocycles. The normalized spacial score (nSPS) is 18.2. The third-order valence-electron chi connectivity index (χ3n) is 3.96. The van der Waals surface area contributed by atoms with Gasteiger partial charge in [-0.15, -0.1) is 0 Å². The molecule has 0 bridgehead atoms. The number of rotatable bonds is 4. The zero-order valence-electron chi connectivity index (χ0n) is 12.6. The summed E-state index contributed by atoms with van der Waals surface area (Å²) in [5.74, 6) is 0.0483. The predicted octanol–water partition coefficient (Wildman–Crippen LogP) is 2.53. The number of nitrogens with zero attached hydrogens (tertiary/aromatic N) is 1. The standard InChI is InChI=1S/C16H24N2O2/c1-4-18(10-13-6-5-7-20-13)16(19)14-9-15(17)12(3)8-11(14)2/h8-9,13H,4-7,10,17H2,1-3H3. The monoisotopic (exact) mass is 276 g/mol. The second kappa shape index (κ2) is 6.27. The number of carbonyl (C=O) groups excluding carboxylic acids is 1. The van der Waals surface area contributed by atoms with Gasteiger partial charge in [0.25, 0.3) is 5.91 Å². The number of hydrogen-bond acceptors (Lipinski definition) is 3. The third-order valence-corrected chi connectivity index (χ3v) is 3.96. The Morgan fingerprint density at radius 2 is 2.15 bits per heavy atom. The molecule has 110 valence electrons. The SMILES string of the molecule is CCN(CC1CCCO1)C(=O)c1cc(N)c(C)cc1C. The van der Waals surface area contributed by atoms with Gasteiger partial charge in [0, 0.05) is 30.9 Å². The highest BCUT2D eigenvalue weighted by Crippen LogP contribution is 2.21. The third kappa shape index (κ3) is 3.12. The molecular weight excluding hydrogens is 252 g/mol. The number of anilines is 1. The van der Waals surface area contributed by atoms with Gasteiger partial charge in [-0.25, -0.2) is 0 Å². The molecule has 1 fully saturated rings. The number of benzene rings is 1. The van der Waals surface area contributed by atoms with E-state index in [1.807, 2.05) is 31.7 Å². The molecule has 1 amide bonds. The van der Waals surface area contributed by atoms with Gasteiger partial charge in [0.15, 0.2) is 0 Å². The van der Waals surface area contributed by atoms with Crippen LogP contribution in [0.25, 0.3) is 0 Å². The second-order valence-corrected chi connectivity index (χ2v) is 5.50. The smallest absolute Gasteiger partial charge is 0.254 e. The molecule has 1 aliphatic rings. The van der Waals surface area contributed by atoms with Crippen LogP contribution in [0.1, 0.15) is 41.3 Å². The fourth-order valence-electron chi connectivity index (χ4n) is 2.66. The average molecular weight is 276 g/mol. The van der Waals surface area contributed by atoms with Crippen molar-refractivity contribution >= 4 is 11.6 Å². The van der Waals surface area contributed by atoms with Crippen molar-refractivity contribution in [1.29, 1.82) is 0 Å². The van der Waals surface area contributed by atoms with Crippen LogP contribution in [0.15, 0.2) is 12.1 Å². The zero-order chi connectivity index (χ0) is 14.7. The summed E-state index contributed by atoms with van der Waals surface area (Å²) in [5.41, 5.74) is 9.31. The lowest BCUT2D eigenvalue weighted by Gasteiger charge is -2.25. The van der Waals surface area contributed by atoms with Gasteiger partial charge in [-0.3, -0.25) is 4.79 Å². The lowest BCUT2D eigenvalue weighted by atomic mass is 10.0. The summed E-state index contributed by atoms with van der Waals surface area (Å²) in [6, 6.07) is 3.77. The maximum Gasteiger partial charge on any atom is 0.254 e. The van der Waals surface area contributed by atoms with Crippen molar-refractivity contribution in [3.63, 3.8) is 0 Å². The maximum absolute atomic E-state index is 12.7. The van der Waals surface area contributed by atoms with Crippen LogP contribution in [0.3, 0.4) is 0 Å². The molecule has 1 aromatic carbocycles. The van der Waals surface area contributed by atoms with Crippen LogP contribution in [0, 0.1) is 13.8 Å². The molecule has 20 heavy (non-hydrogen) atoms. The molecule has 0 aromatic heterocycles. The van der Waals surface area contributed by atoms with Crippen molar-refractivity contribution < 1.29 is 9.53 Å². The van der Waals surface area contributed by atoms with Crippen LogP contribution in [-0.2, 0) is 4.74 Å². The van der Waals surface area contributed by atoms with E-state index in [1.165, 1.54) is 0 Å². The molecule has 1 aliphatic heterocycles. The molecule has 4 nitrogen and oxygen atoms in total. The Hall–Kier alpha value is -1.55. The summed E-state index contributed by atoms with van der Waals surface area (Å²) in [6.45, 7) is 8.08. The Bertz CT molecular complexity index is 493. The molecule has 2 N–H and O–H groups in total. The summed E-state index contributed by atoms with van der Waals surface area (Å²) >= 11 is 0. The molecule has 1 saturated heterocycles. The van der Waals surface area contributed by atoms with Gasteiger partial charge in [0.1, 0.15) is 0 Å². The van der Waals surface area contributed by atoms with E-state index in [1.54, 1.807) is 6.07 Å². The van der Waals surface area contributed by atoms with Gasteiger partial charge in [0.05, 0.1) is 6.10 Å². The summed E-state index contributed by atoms with van der Waals surface area (Å²) in [6.07, 6.45) is 2.31. The van der Waals surface area contributed by atoms with E-state index in [4.69, 9.17) is 10.5 Å². The number of aryl methyl sites for hydroxylation is 2. The average Bonchev–Trinajstić information content (AvgIpc) is 2.92. The summed E-state index contributed by atoms with van der Waals surface area (Å²) in [4.78, 5) is 14.5. The molecule has 1 aromatic rings. The Morgan fingerprint density at radius 1 is 1.40 bits per heavy atom. The number of hydrogen-bond donors (Lipinski definition) is 1. The number of likely N-dealkylation sites (N-methyl/N-ethyl adjacent to an activating group) is 1. The van der Waals surface area contributed by atoms with E-state index < -0.39 is 0 Å². The first kappa shape index (κ1) is 14.9. The highest BCUT2D eigenvalue weighted by atomic mass is 16.5. The minimum atomic E-state index is 0.0483. The van der Waals surface area contributed by atoms with E-state index in [-0.39, 0.29) is 12.0 Å². The van der Waals surface area contributed by atoms with Crippen molar-refractivity contribution in [2.75, 3.05) is 25.4 Å². The Kier molecular flexibility index (Phi) is 4.65. The van der Waals surface area contributed by atoms with Crippen LogP contribution < -0.4 is 5.73 Å². The summed E-state index contributed by atoms with van der Waals surface area (Å²) in [7, 11) is 0. The Balaban J connectivity index is 2.17. The van der Waals surface area contributed by atoms with Crippen molar-refractivity contribution in [1.82, 2.24) is 4.90 Å². The van der Waals surface area contributed by atoms with Gasteiger partial charge in [0.2, 0.25) is 0 Å². The molecule has 0 saturated carbocycles. The zero-order valence-corrected chi connectivity index (χ0v) is 12.6. The van der Waals surface area contributed by atoms with Crippen LogP contribution >= 0.6 is 0 Å². The lowest BCUT2D eigenvalue weighted by molar-refractivity contribution is 0.0538. The number of nitrogen functional groups attached to an aromatic ring is 1. The van der Waals surface area contributed by atoms with Gasteiger partial charge < -0.3 is 15.4 Å². The van der Waals surface area contributed by atoms with Crippen molar-refractivity contribution in [2.45, 2.75) is 39.7 Å². The molecule has 2 rings (SSSR count). The number of amides is 1. The number of nitrogens with two attached hydrogens (primary N) is 1. The van der Waals surface area contributed by atoms with Gasteiger partial charge in [-0.1, -0.05) is 6.07 Å². The van der Waals surface area contributed by atoms with Gasteiger partial charge >= 0.3 is 0 Å². The minimum Gasteiger partial charge on any atom is -0.398 e. The molecule has 4 heteroatoms. The highest BCUT2D eigenvalue weighted by Gasteiger charge is 2.23. The molecule has 0 aliphatic carbocycles. The van der Waals surface area contributed by atoms with E-state index in [2.05, 4.69) is 0 Å². The van der Waals surface area contributed by atoms with E-state index in [0.29, 0.717) is 24.3 Å². The second-order valence-electron chi connectivity index (χ2n) is 5.50. The topological polar surface area (TPSA) is 55.6 Å². The first-order valence-electron chi connectivity index (χ1n) is 7.30. The molecule has 1 atom stereocenters. The minimum absolute atomic E-state index is 0.0483.